The van der Waals surface area contributed by atoms with E-state index in [1.165, 1.54) is 33.0 Å². The van der Waals surface area contributed by atoms with Crippen LogP contribution in [0.15, 0.2) is 33.9 Å². The first-order valence-electron chi connectivity index (χ1n) is 7.28. The van der Waals surface area contributed by atoms with E-state index in [9.17, 15) is 0 Å². The Kier molecular flexibility index (Phi) is 4.08. The van der Waals surface area contributed by atoms with E-state index in [4.69, 9.17) is 0 Å². The molecular formula is C17H21NS2. The first-order valence-corrected chi connectivity index (χ1v) is 9.04. The van der Waals surface area contributed by atoms with Crippen molar-refractivity contribution in [2.24, 2.45) is 0 Å². The molecule has 0 radical (unpaired) electrons. The molecule has 0 saturated carbocycles. The predicted molar refractivity (Wildman–Crippen MR) is 91.2 cm³/mol. The maximum absolute atomic E-state index is 3.83. The average molecular weight is 303 g/mol. The molecular weight excluding hydrogens is 282 g/mol. The van der Waals surface area contributed by atoms with E-state index in [-0.39, 0.29) is 0 Å². The van der Waals surface area contributed by atoms with E-state index in [0.29, 0.717) is 11.3 Å². The van der Waals surface area contributed by atoms with Crippen molar-refractivity contribution in [1.82, 2.24) is 0 Å². The van der Waals surface area contributed by atoms with E-state index < -0.39 is 0 Å². The van der Waals surface area contributed by atoms with Crippen LogP contribution in [0.3, 0.4) is 0 Å². The molecule has 2 atom stereocenters. The zero-order valence-corrected chi connectivity index (χ0v) is 13.9. The summed E-state index contributed by atoms with van der Waals surface area (Å²) in [5.41, 5.74) is 5.61. The van der Waals surface area contributed by atoms with Gasteiger partial charge in [-0.3, -0.25) is 0 Å². The maximum atomic E-state index is 3.83. The van der Waals surface area contributed by atoms with Crippen LogP contribution in [-0.4, -0.2) is 5.25 Å². The van der Waals surface area contributed by atoms with Gasteiger partial charge in [0.2, 0.25) is 0 Å². The molecule has 0 spiro atoms. The van der Waals surface area contributed by atoms with Crippen LogP contribution in [0.1, 0.15) is 43.0 Å². The summed E-state index contributed by atoms with van der Waals surface area (Å²) in [5.74, 6) is 0. The van der Waals surface area contributed by atoms with Gasteiger partial charge in [0, 0.05) is 10.9 Å². The maximum Gasteiger partial charge on any atom is 0.0653 e. The van der Waals surface area contributed by atoms with Crippen LogP contribution in [0.2, 0.25) is 0 Å². The highest BCUT2D eigenvalue weighted by Gasteiger charge is 2.26. The summed E-state index contributed by atoms with van der Waals surface area (Å²) in [6.45, 7) is 6.77. The van der Waals surface area contributed by atoms with Gasteiger partial charge in [0.25, 0.3) is 0 Å². The number of thiophene rings is 1. The lowest BCUT2D eigenvalue weighted by Crippen LogP contribution is -2.20. The zero-order chi connectivity index (χ0) is 14.1. The smallest absolute Gasteiger partial charge is 0.0653 e. The second kappa shape index (κ2) is 5.82. The topological polar surface area (TPSA) is 12.0 Å². The lowest BCUT2D eigenvalue weighted by atomic mass is 10.0. The van der Waals surface area contributed by atoms with Crippen molar-refractivity contribution >= 4 is 28.8 Å². The van der Waals surface area contributed by atoms with Crippen molar-refractivity contribution in [3.05, 3.63) is 46.3 Å². The molecule has 0 amide bonds. The molecule has 0 fully saturated rings. The monoisotopic (exact) mass is 303 g/mol. The number of hydrogen-bond acceptors (Lipinski definition) is 3. The van der Waals surface area contributed by atoms with Crippen molar-refractivity contribution in [2.45, 2.75) is 49.1 Å². The third kappa shape index (κ3) is 2.61. The minimum absolute atomic E-state index is 0.457. The molecule has 1 aliphatic rings. The van der Waals surface area contributed by atoms with Gasteiger partial charge in [0.05, 0.1) is 10.3 Å². The second-order valence-electron chi connectivity index (χ2n) is 5.49. The Morgan fingerprint density at radius 3 is 2.95 bits per heavy atom. The number of rotatable bonds is 3. The van der Waals surface area contributed by atoms with E-state index in [0.717, 1.165) is 6.42 Å². The van der Waals surface area contributed by atoms with E-state index >= 15 is 0 Å². The molecule has 1 nitrogen and oxygen atoms in total. The molecule has 0 saturated heterocycles. The van der Waals surface area contributed by atoms with Crippen molar-refractivity contribution < 1.29 is 0 Å². The summed E-state index contributed by atoms with van der Waals surface area (Å²) in [6.07, 6.45) is 2.28. The van der Waals surface area contributed by atoms with Gasteiger partial charge in [0.15, 0.2) is 0 Å². The van der Waals surface area contributed by atoms with Crippen LogP contribution in [0.5, 0.6) is 0 Å². The number of para-hydroxylation sites is 1. The predicted octanol–water partition coefficient (Wildman–Crippen LogP) is 5.66. The van der Waals surface area contributed by atoms with Gasteiger partial charge in [-0.15, -0.1) is 23.1 Å². The highest BCUT2D eigenvalue weighted by atomic mass is 32.2. The molecule has 1 aliphatic heterocycles. The lowest BCUT2D eigenvalue weighted by Gasteiger charge is -2.29. The van der Waals surface area contributed by atoms with Crippen LogP contribution in [0.25, 0.3) is 0 Å². The van der Waals surface area contributed by atoms with E-state index in [1.54, 1.807) is 0 Å². The van der Waals surface area contributed by atoms with Gasteiger partial charge in [-0.1, -0.05) is 32.0 Å². The van der Waals surface area contributed by atoms with Crippen molar-refractivity contribution in [3.63, 3.8) is 0 Å². The summed E-state index contributed by atoms with van der Waals surface area (Å²) in [5, 5.41) is 6.75. The van der Waals surface area contributed by atoms with E-state index in [1.807, 2.05) is 23.1 Å². The Balaban J connectivity index is 1.93. The highest BCUT2D eigenvalue weighted by molar-refractivity contribution is 8.01. The third-order valence-corrected chi connectivity index (χ3v) is 6.31. The largest absolute Gasteiger partial charge is 0.378 e. The Morgan fingerprint density at radius 1 is 1.30 bits per heavy atom. The van der Waals surface area contributed by atoms with Gasteiger partial charge in [-0.05, 0) is 47.9 Å². The quantitative estimate of drug-likeness (QED) is 0.785. The molecule has 1 aromatic heterocycles. The number of hydrogen-bond donors (Lipinski definition) is 1. The van der Waals surface area contributed by atoms with Gasteiger partial charge < -0.3 is 5.32 Å². The normalized spacial score (nSPS) is 21.6. The minimum Gasteiger partial charge on any atom is -0.378 e. The Labute approximate surface area is 129 Å². The zero-order valence-electron chi connectivity index (χ0n) is 12.3. The fraction of sp³-hybridized carbons (Fsp3) is 0.412. The van der Waals surface area contributed by atoms with Gasteiger partial charge in [-0.2, -0.15) is 0 Å². The molecule has 1 aromatic carbocycles. The van der Waals surface area contributed by atoms with Crippen LogP contribution < -0.4 is 5.32 Å². The van der Waals surface area contributed by atoms with Crippen LogP contribution in [0.4, 0.5) is 5.69 Å². The summed E-state index contributed by atoms with van der Waals surface area (Å²) in [4.78, 5) is 0. The molecule has 2 heterocycles. The lowest BCUT2D eigenvalue weighted by molar-refractivity contribution is 0.668. The average Bonchev–Trinajstić information content (AvgIpc) is 2.89. The second-order valence-corrected chi connectivity index (χ2v) is 8.11. The fourth-order valence-corrected chi connectivity index (χ4v) is 5.46. The molecule has 1 N–H and O–H groups in total. The number of anilines is 1. The molecule has 0 aliphatic carbocycles. The summed E-state index contributed by atoms with van der Waals surface area (Å²) in [7, 11) is 0. The third-order valence-electron chi connectivity index (χ3n) is 3.97. The van der Waals surface area contributed by atoms with Gasteiger partial charge >= 0.3 is 0 Å². The van der Waals surface area contributed by atoms with Crippen LogP contribution in [-0.2, 0) is 6.42 Å². The number of benzene rings is 1. The SMILES string of the molecule is CCc1cccc(C)c1NC1C[C@H](C)Sc2sccc21. The first-order chi connectivity index (χ1) is 9.69. The minimum atomic E-state index is 0.457. The summed E-state index contributed by atoms with van der Waals surface area (Å²) in [6, 6.07) is 9.36. The van der Waals surface area contributed by atoms with Crippen molar-refractivity contribution in [1.29, 1.82) is 0 Å². The van der Waals surface area contributed by atoms with Crippen LogP contribution in [0, 0.1) is 6.92 Å². The number of nitrogens with one attached hydrogen (secondary N) is 1. The number of aryl methyl sites for hydroxylation is 2. The van der Waals surface area contributed by atoms with Gasteiger partial charge in [-0.25, -0.2) is 0 Å². The van der Waals surface area contributed by atoms with E-state index in [2.05, 4.69) is 55.7 Å². The van der Waals surface area contributed by atoms with Gasteiger partial charge in [0.1, 0.15) is 0 Å². The molecule has 2 aromatic rings. The summed E-state index contributed by atoms with van der Waals surface area (Å²) < 4.78 is 1.49. The van der Waals surface area contributed by atoms with Crippen molar-refractivity contribution in [3.8, 4) is 0 Å². The Hall–Kier alpha value is -0.930. The number of fused-ring (bicyclic) bond motifs is 1. The Morgan fingerprint density at radius 2 is 2.15 bits per heavy atom. The Bertz CT molecular complexity index is 603. The van der Waals surface area contributed by atoms with Crippen LogP contribution >= 0.6 is 23.1 Å². The summed E-state index contributed by atoms with van der Waals surface area (Å²) >= 11 is 3.91. The van der Waals surface area contributed by atoms with Crippen molar-refractivity contribution in [2.75, 3.05) is 5.32 Å². The molecule has 106 valence electrons. The molecule has 3 rings (SSSR count). The standard InChI is InChI=1S/C17H21NS2/c1-4-13-7-5-6-11(2)16(13)18-15-10-12(3)20-17-14(15)8-9-19-17/h5-9,12,15,18H,4,10H2,1-3H3/t12-,15?/m0/s1. The first kappa shape index (κ1) is 14.0. The molecule has 1 unspecified atom stereocenters. The highest BCUT2D eigenvalue weighted by Crippen LogP contribution is 2.45. The number of thioether (sulfide) groups is 1. The molecule has 3 heteroatoms. The molecule has 20 heavy (non-hydrogen) atoms. The fourth-order valence-electron chi connectivity index (χ4n) is 2.89. The molecule has 0 bridgehead atoms.